The highest BCUT2D eigenvalue weighted by atomic mass is 16.5. The zero-order chi connectivity index (χ0) is 9.52. The van der Waals surface area contributed by atoms with Crippen molar-refractivity contribution in [3.63, 3.8) is 0 Å². The first-order valence-corrected chi connectivity index (χ1v) is 4.96. The lowest BCUT2D eigenvalue weighted by molar-refractivity contribution is 0.215. The summed E-state index contributed by atoms with van der Waals surface area (Å²) in [6, 6.07) is 0. The summed E-state index contributed by atoms with van der Waals surface area (Å²) >= 11 is 0. The standard InChI is InChI=1S/C12H18O/c1-3-4-5-6-7-8-12-10-13-9-11(12)2/h6-8H,2-5,9-10H2,1H3/b7-6+,12-8-. The van der Waals surface area contributed by atoms with Gasteiger partial charge in [0.05, 0.1) is 13.2 Å². The third-order valence-electron chi connectivity index (χ3n) is 2.15. The van der Waals surface area contributed by atoms with Crippen LogP contribution in [0.4, 0.5) is 0 Å². The van der Waals surface area contributed by atoms with Crippen LogP contribution < -0.4 is 0 Å². The van der Waals surface area contributed by atoms with E-state index in [-0.39, 0.29) is 0 Å². The van der Waals surface area contributed by atoms with Gasteiger partial charge in [0.25, 0.3) is 0 Å². The van der Waals surface area contributed by atoms with Crippen molar-refractivity contribution in [3.05, 3.63) is 36.0 Å². The van der Waals surface area contributed by atoms with Gasteiger partial charge >= 0.3 is 0 Å². The molecule has 0 radical (unpaired) electrons. The first kappa shape index (κ1) is 10.3. The van der Waals surface area contributed by atoms with E-state index < -0.39 is 0 Å². The third-order valence-corrected chi connectivity index (χ3v) is 2.15. The van der Waals surface area contributed by atoms with E-state index in [0.29, 0.717) is 6.61 Å². The molecule has 0 N–H and O–H groups in total. The Hall–Kier alpha value is -0.820. The molecule has 1 saturated heterocycles. The maximum atomic E-state index is 5.25. The van der Waals surface area contributed by atoms with Gasteiger partial charge in [-0.3, -0.25) is 0 Å². The summed E-state index contributed by atoms with van der Waals surface area (Å²) in [5, 5.41) is 0. The predicted molar refractivity (Wildman–Crippen MR) is 56.7 cm³/mol. The predicted octanol–water partition coefficient (Wildman–Crippen LogP) is 3.25. The van der Waals surface area contributed by atoms with Gasteiger partial charge < -0.3 is 4.74 Å². The average molecular weight is 178 g/mol. The van der Waals surface area contributed by atoms with Crippen molar-refractivity contribution >= 4 is 0 Å². The Bertz CT molecular complexity index is 223. The first-order valence-electron chi connectivity index (χ1n) is 4.96. The molecule has 1 heterocycles. The van der Waals surface area contributed by atoms with Crippen LogP contribution in [0.15, 0.2) is 36.0 Å². The quantitative estimate of drug-likeness (QED) is 0.600. The second kappa shape index (κ2) is 5.76. The minimum atomic E-state index is 0.703. The van der Waals surface area contributed by atoms with Gasteiger partial charge in [-0.05, 0) is 17.6 Å². The molecular formula is C12H18O. The van der Waals surface area contributed by atoms with E-state index >= 15 is 0 Å². The van der Waals surface area contributed by atoms with Gasteiger partial charge in [0.1, 0.15) is 0 Å². The maximum absolute atomic E-state index is 5.25. The molecule has 0 unspecified atom stereocenters. The van der Waals surface area contributed by atoms with Gasteiger partial charge in [-0.1, -0.05) is 44.6 Å². The molecule has 1 heteroatoms. The normalized spacial score (nSPS) is 20.7. The van der Waals surface area contributed by atoms with E-state index in [9.17, 15) is 0 Å². The molecule has 0 saturated carbocycles. The van der Waals surface area contributed by atoms with Gasteiger partial charge in [0.2, 0.25) is 0 Å². The summed E-state index contributed by atoms with van der Waals surface area (Å²) in [5.74, 6) is 0. The molecule has 1 nitrogen and oxygen atoms in total. The van der Waals surface area contributed by atoms with E-state index in [1.54, 1.807) is 0 Å². The highest BCUT2D eigenvalue weighted by Crippen LogP contribution is 2.16. The molecule has 1 aliphatic heterocycles. The molecule has 13 heavy (non-hydrogen) atoms. The van der Waals surface area contributed by atoms with Crippen molar-refractivity contribution in [2.45, 2.75) is 26.2 Å². The Morgan fingerprint density at radius 3 is 2.92 bits per heavy atom. The molecule has 72 valence electrons. The molecule has 0 atom stereocenters. The van der Waals surface area contributed by atoms with Crippen molar-refractivity contribution in [1.29, 1.82) is 0 Å². The number of allylic oxidation sites excluding steroid dienone is 3. The molecule has 0 aromatic carbocycles. The molecule has 0 aromatic heterocycles. The smallest absolute Gasteiger partial charge is 0.0724 e. The van der Waals surface area contributed by atoms with Gasteiger partial charge in [0, 0.05) is 0 Å². The number of hydrogen-bond acceptors (Lipinski definition) is 1. The first-order chi connectivity index (χ1) is 6.34. The monoisotopic (exact) mass is 178 g/mol. The van der Waals surface area contributed by atoms with Crippen LogP contribution in [0.5, 0.6) is 0 Å². The number of unbranched alkanes of at least 4 members (excludes halogenated alkanes) is 2. The Morgan fingerprint density at radius 2 is 2.31 bits per heavy atom. The van der Waals surface area contributed by atoms with Crippen LogP contribution in [0.25, 0.3) is 0 Å². The van der Waals surface area contributed by atoms with Gasteiger partial charge in [0.15, 0.2) is 0 Å². The second-order valence-corrected chi connectivity index (χ2v) is 3.36. The Morgan fingerprint density at radius 1 is 1.46 bits per heavy atom. The lowest BCUT2D eigenvalue weighted by Crippen LogP contribution is -1.80. The van der Waals surface area contributed by atoms with E-state index in [4.69, 9.17) is 4.74 Å². The number of ether oxygens (including phenoxy) is 1. The molecule has 1 fully saturated rings. The SMILES string of the molecule is C=C1COC/C1=C/C=C/CCCC. The summed E-state index contributed by atoms with van der Waals surface area (Å²) in [6.45, 7) is 7.57. The van der Waals surface area contributed by atoms with Crippen LogP contribution in [0.1, 0.15) is 26.2 Å². The fourth-order valence-corrected chi connectivity index (χ4v) is 1.25. The molecular weight excluding hydrogens is 160 g/mol. The number of rotatable bonds is 4. The van der Waals surface area contributed by atoms with Crippen LogP contribution in [0.3, 0.4) is 0 Å². The minimum absolute atomic E-state index is 0.703. The largest absolute Gasteiger partial charge is 0.372 e. The van der Waals surface area contributed by atoms with Crippen molar-refractivity contribution in [2.75, 3.05) is 13.2 Å². The van der Waals surface area contributed by atoms with Crippen molar-refractivity contribution in [1.82, 2.24) is 0 Å². The zero-order valence-corrected chi connectivity index (χ0v) is 8.38. The fraction of sp³-hybridized carbons (Fsp3) is 0.500. The summed E-state index contributed by atoms with van der Waals surface area (Å²) in [6.07, 6.45) is 10.2. The van der Waals surface area contributed by atoms with Crippen LogP contribution >= 0.6 is 0 Å². The molecule has 0 bridgehead atoms. The Balaban J connectivity index is 2.30. The van der Waals surface area contributed by atoms with Crippen LogP contribution in [-0.4, -0.2) is 13.2 Å². The zero-order valence-electron chi connectivity index (χ0n) is 8.38. The lowest BCUT2D eigenvalue weighted by atomic mass is 10.1. The van der Waals surface area contributed by atoms with Gasteiger partial charge in [-0.25, -0.2) is 0 Å². The summed E-state index contributed by atoms with van der Waals surface area (Å²) in [7, 11) is 0. The van der Waals surface area contributed by atoms with Gasteiger partial charge in [-0.2, -0.15) is 0 Å². The van der Waals surface area contributed by atoms with Crippen molar-refractivity contribution in [2.24, 2.45) is 0 Å². The molecule has 0 amide bonds. The molecule has 1 rings (SSSR count). The van der Waals surface area contributed by atoms with Crippen LogP contribution in [0.2, 0.25) is 0 Å². The number of hydrogen-bond donors (Lipinski definition) is 0. The molecule has 1 aliphatic rings. The highest BCUT2D eigenvalue weighted by Gasteiger charge is 2.09. The van der Waals surface area contributed by atoms with E-state index in [2.05, 4.69) is 31.7 Å². The van der Waals surface area contributed by atoms with Crippen molar-refractivity contribution in [3.8, 4) is 0 Å². The molecule has 0 aromatic rings. The van der Waals surface area contributed by atoms with Crippen LogP contribution in [-0.2, 0) is 4.74 Å². The molecule has 0 aliphatic carbocycles. The third kappa shape index (κ3) is 3.60. The Labute approximate surface area is 80.8 Å². The minimum Gasteiger partial charge on any atom is -0.372 e. The highest BCUT2D eigenvalue weighted by molar-refractivity contribution is 5.35. The summed E-state index contributed by atoms with van der Waals surface area (Å²) < 4.78 is 5.25. The lowest BCUT2D eigenvalue weighted by Gasteiger charge is -1.91. The Kier molecular flexibility index (Phi) is 4.55. The van der Waals surface area contributed by atoms with E-state index in [0.717, 1.165) is 12.2 Å². The molecule has 0 spiro atoms. The topological polar surface area (TPSA) is 9.23 Å². The van der Waals surface area contributed by atoms with Crippen molar-refractivity contribution < 1.29 is 4.74 Å². The van der Waals surface area contributed by atoms with Crippen LogP contribution in [0, 0.1) is 0 Å². The maximum Gasteiger partial charge on any atom is 0.0724 e. The second-order valence-electron chi connectivity index (χ2n) is 3.36. The fourth-order valence-electron chi connectivity index (χ4n) is 1.25. The van der Waals surface area contributed by atoms with E-state index in [1.165, 1.54) is 24.8 Å². The summed E-state index contributed by atoms with van der Waals surface area (Å²) in [4.78, 5) is 0. The summed E-state index contributed by atoms with van der Waals surface area (Å²) in [5.41, 5.74) is 2.37. The van der Waals surface area contributed by atoms with Gasteiger partial charge in [-0.15, -0.1) is 0 Å². The van der Waals surface area contributed by atoms with E-state index in [1.807, 2.05) is 0 Å². The average Bonchev–Trinajstić information content (AvgIpc) is 2.52.